The van der Waals surface area contributed by atoms with E-state index in [0.717, 1.165) is 0 Å². The number of nitrogens with zero attached hydrogens (tertiary/aromatic N) is 1. The van der Waals surface area contributed by atoms with E-state index in [9.17, 15) is 0 Å². The second-order valence-corrected chi connectivity index (χ2v) is 4.74. The number of hydrogen-bond donors (Lipinski definition) is 1. The van der Waals surface area contributed by atoms with Crippen LogP contribution in [0.5, 0.6) is 0 Å². The van der Waals surface area contributed by atoms with E-state index in [1.165, 1.54) is 24.2 Å². The van der Waals surface area contributed by atoms with Crippen molar-refractivity contribution in [2.45, 2.75) is 24.9 Å². The quantitative estimate of drug-likeness (QED) is 0.670. The fraction of sp³-hybridized carbons (Fsp3) is 0.500. The number of benzene rings is 1. The summed E-state index contributed by atoms with van der Waals surface area (Å²) < 4.78 is 0. The van der Waals surface area contributed by atoms with Crippen molar-refractivity contribution in [2.75, 3.05) is 18.9 Å². The molecule has 0 amide bonds. The van der Waals surface area contributed by atoms with Gasteiger partial charge in [-0.2, -0.15) is 0 Å². The molecule has 1 saturated heterocycles. The van der Waals surface area contributed by atoms with E-state index < -0.39 is 0 Å². The molecule has 0 aliphatic carbocycles. The molecule has 1 fully saturated rings. The Labute approximate surface area is 84.9 Å². The zero-order valence-corrected chi connectivity index (χ0v) is 8.75. The summed E-state index contributed by atoms with van der Waals surface area (Å²) in [5.41, 5.74) is 3.15. The fourth-order valence-corrected chi connectivity index (χ4v) is 2.97. The Hall–Kier alpha value is -1.02. The second kappa shape index (κ2) is 2.51. The first kappa shape index (κ1) is 8.30. The van der Waals surface area contributed by atoms with Crippen LogP contribution in [0.3, 0.4) is 0 Å². The van der Waals surface area contributed by atoms with Crippen LogP contribution in [-0.4, -0.2) is 24.7 Å². The number of anilines is 1. The van der Waals surface area contributed by atoms with Crippen molar-refractivity contribution in [1.29, 1.82) is 0 Å². The maximum Gasteiger partial charge on any atom is 0.0888 e. The van der Waals surface area contributed by atoms with Crippen molar-refractivity contribution in [3.63, 3.8) is 0 Å². The lowest BCUT2D eigenvalue weighted by Gasteiger charge is -2.26. The Bertz CT molecular complexity index is 374. The molecule has 1 N–H and O–H groups in total. The van der Waals surface area contributed by atoms with E-state index in [4.69, 9.17) is 0 Å². The number of fused-ring (bicyclic) bond motifs is 3. The van der Waals surface area contributed by atoms with E-state index in [-0.39, 0.29) is 0 Å². The summed E-state index contributed by atoms with van der Waals surface area (Å²) in [4.78, 5) is 2.42. The van der Waals surface area contributed by atoms with Crippen molar-refractivity contribution in [3.05, 3.63) is 29.8 Å². The molecule has 2 aliphatic rings. The van der Waals surface area contributed by atoms with Crippen LogP contribution < -0.4 is 5.32 Å². The highest BCUT2D eigenvalue weighted by atomic mass is 15.3. The lowest BCUT2D eigenvalue weighted by Crippen LogP contribution is -2.39. The van der Waals surface area contributed by atoms with Gasteiger partial charge in [-0.05, 0) is 25.1 Å². The number of likely N-dealkylation sites (tertiary alicyclic amines) is 1. The third-order valence-electron chi connectivity index (χ3n) is 3.86. The summed E-state index contributed by atoms with van der Waals surface area (Å²) >= 11 is 0. The molecule has 2 aliphatic heterocycles. The van der Waals surface area contributed by atoms with Gasteiger partial charge in [0.05, 0.1) is 6.17 Å². The van der Waals surface area contributed by atoms with Crippen LogP contribution in [-0.2, 0) is 5.41 Å². The summed E-state index contributed by atoms with van der Waals surface area (Å²) in [5, 5.41) is 3.61. The molecule has 2 heterocycles. The highest BCUT2D eigenvalue weighted by Crippen LogP contribution is 2.47. The lowest BCUT2D eigenvalue weighted by molar-refractivity contribution is 0.297. The topological polar surface area (TPSA) is 15.3 Å². The predicted molar refractivity (Wildman–Crippen MR) is 58.5 cm³/mol. The molecule has 0 unspecified atom stereocenters. The van der Waals surface area contributed by atoms with Gasteiger partial charge in [0.2, 0.25) is 0 Å². The van der Waals surface area contributed by atoms with E-state index in [2.05, 4.69) is 48.5 Å². The predicted octanol–water partition coefficient (Wildman–Crippen LogP) is 2.03. The SMILES string of the molecule is CN1CC[C@@]2(C)c3ccccc3N[C@@H]12. The number of para-hydroxylation sites is 1. The maximum absolute atomic E-state index is 3.61. The molecule has 0 bridgehead atoms. The summed E-state index contributed by atoms with van der Waals surface area (Å²) in [6, 6.07) is 8.71. The Morgan fingerprint density at radius 1 is 1.43 bits per heavy atom. The second-order valence-electron chi connectivity index (χ2n) is 4.74. The largest absolute Gasteiger partial charge is 0.369 e. The summed E-state index contributed by atoms with van der Waals surface area (Å²) in [5.74, 6) is 0. The smallest absolute Gasteiger partial charge is 0.0888 e. The molecule has 0 aromatic heterocycles. The Kier molecular flexibility index (Phi) is 1.49. The standard InChI is InChI=1S/C12H16N2/c1-12-7-8-14(2)11(12)13-10-6-4-3-5-9(10)12/h3-6,11,13H,7-8H2,1-2H3/t11-,12-/m0/s1. The van der Waals surface area contributed by atoms with E-state index in [1.54, 1.807) is 0 Å². The third kappa shape index (κ3) is 0.845. The molecule has 2 heteroatoms. The van der Waals surface area contributed by atoms with Crippen LogP contribution in [0.25, 0.3) is 0 Å². The van der Waals surface area contributed by atoms with Gasteiger partial charge in [-0.25, -0.2) is 0 Å². The van der Waals surface area contributed by atoms with Gasteiger partial charge in [-0.3, -0.25) is 4.90 Å². The first-order valence-electron chi connectivity index (χ1n) is 5.28. The monoisotopic (exact) mass is 188 g/mol. The molecule has 3 rings (SSSR count). The highest BCUT2D eigenvalue weighted by molar-refractivity contribution is 5.62. The summed E-state index contributed by atoms with van der Waals surface area (Å²) in [6.07, 6.45) is 1.76. The Balaban J connectivity index is 2.14. The normalized spacial score (nSPS) is 35.1. The average Bonchev–Trinajstić information content (AvgIpc) is 2.64. The van der Waals surface area contributed by atoms with Gasteiger partial charge < -0.3 is 5.32 Å². The number of hydrogen-bond acceptors (Lipinski definition) is 2. The van der Waals surface area contributed by atoms with Crippen LogP contribution >= 0.6 is 0 Å². The van der Waals surface area contributed by atoms with Gasteiger partial charge in [-0.15, -0.1) is 0 Å². The molecule has 1 aromatic carbocycles. The summed E-state index contributed by atoms with van der Waals surface area (Å²) in [7, 11) is 2.20. The Morgan fingerprint density at radius 2 is 2.21 bits per heavy atom. The molecule has 2 nitrogen and oxygen atoms in total. The third-order valence-corrected chi connectivity index (χ3v) is 3.86. The van der Waals surface area contributed by atoms with Gasteiger partial charge >= 0.3 is 0 Å². The minimum Gasteiger partial charge on any atom is -0.369 e. The zero-order valence-electron chi connectivity index (χ0n) is 8.75. The molecule has 0 saturated carbocycles. The molecular formula is C12H16N2. The molecule has 74 valence electrons. The van der Waals surface area contributed by atoms with Crippen molar-refractivity contribution in [1.82, 2.24) is 4.90 Å². The van der Waals surface area contributed by atoms with Crippen LogP contribution in [0.4, 0.5) is 5.69 Å². The highest BCUT2D eigenvalue weighted by Gasteiger charge is 2.48. The Morgan fingerprint density at radius 3 is 3.07 bits per heavy atom. The van der Waals surface area contributed by atoms with Gasteiger partial charge in [-0.1, -0.05) is 25.1 Å². The van der Waals surface area contributed by atoms with Gasteiger partial charge in [0.25, 0.3) is 0 Å². The van der Waals surface area contributed by atoms with Crippen LogP contribution in [0.2, 0.25) is 0 Å². The average molecular weight is 188 g/mol. The number of likely N-dealkylation sites (N-methyl/N-ethyl adjacent to an activating group) is 1. The maximum atomic E-state index is 3.61. The fourth-order valence-electron chi connectivity index (χ4n) is 2.97. The number of nitrogens with one attached hydrogen (secondary N) is 1. The molecule has 0 radical (unpaired) electrons. The first-order valence-corrected chi connectivity index (χ1v) is 5.28. The minimum atomic E-state index is 0.325. The van der Waals surface area contributed by atoms with Crippen molar-refractivity contribution >= 4 is 5.69 Å². The minimum absolute atomic E-state index is 0.325. The molecule has 0 spiro atoms. The van der Waals surface area contributed by atoms with Crippen LogP contribution in [0, 0.1) is 0 Å². The van der Waals surface area contributed by atoms with Crippen LogP contribution in [0.1, 0.15) is 18.9 Å². The lowest BCUT2D eigenvalue weighted by atomic mass is 9.81. The van der Waals surface area contributed by atoms with E-state index >= 15 is 0 Å². The molecule has 14 heavy (non-hydrogen) atoms. The van der Waals surface area contributed by atoms with E-state index in [0.29, 0.717) is 11.6 Å². The zero-order chi connectivity index (χ0) is 9.76. The van der Waals surface area contributed by atoms with Crippen LogP contribution in [0.15, 0.2) is 24.3 Å². The summed E-state index contributed by atoms with van der Waals surface area (Å²) in [6.45, 7) is 3.57. The first-order chi connectivity index (χ1) is 6.72. The van der Waals surface area contributed by atoms with Gasteiger partial charge in [0, 0.05) is 17.6 Å². The molecule has 1 aromatic rings. The van der Waals surface area contributed by atoms with Crippen molar-refractivity contribution < 1.29 is 0 Å². The van der Waals surface area contributed by atoms with Crippen molar-refractivity contribution in [3.8, 4) is 0 Å². The van der Waals surface area contributed by atoms with E-state index in [1.807, 2.05) is 0 Å². The molecule has 2 atom stereocenters. The van der Waals surface area contributed by atoms with Crippen molar-refractivity contribution in [2.24, 2.45) is 0 Å². The van der Waals surface area contributed by atoms with Gasteiger partial charge in [0.15, 0.2) is 0 Å². The number of rotatable bonds is 0. The molecular weight excluding hydrogens is 172 g/mol. The van der Waals surface area contributed by atoms with Gasteiger partial charge in [0.1, 0.15) is 0 Å².